The largest absolute Gasteiger partial charge is 0.497 e. The maximum absolute atomic E-state index is 14.0. The second-order valence-corrected chi connectivity index (χ2v) is 8.21. The van der Waals surface area contributed by atoms with E-state index in [4.69, 9.17) is 21.1 Å². The Balaban J connectivity index is 1.27. The average molecular weight is 437 g/mol. The second kappa shape index (κ2) is 7.43. The summed E-state index contributed by atoms with van der Waals surface area (Å²) < 4.78 is 37.7. The highest BCUT2D eigenvalue weighted by molar-refractivity contribution is 6.30. The summed E-state index contributed by atoms with van der Waals surface area (Å²) in [5.74, 6) is -1.52. The number of halogens is 3. The van der Waals surface area contributed by atoms with Crippen LogP contribution in [-0.2, 0) is 4.79 Å². The number of hydrogen-bond acceptors (Lipinski definition) is 4. The van der Waals surface area contributed by atoms with Crippen molar-refractivity contribution in [1.82, 2.24) is 10.6 Å². The number of carbonyl (C=O) groups is 2. The van der Waals surface area contributed by atoms with Crippen LogP contribution in [-0.4, -0.2) is 36.6 Å². The van der Waals surface area contributed by atoms with Crippen LogP contribution in [0.5, 0.6) is 11.5 Å². The van der Waals surface area contributed by atoms with Crippen molar-refractivity contribution in [1.29, 1.82) is 0 Å². The molecule has 2 aromatic rings. The first-order valence-electron chi connectivity index (χ1n) is 9.28. The molecule has 0 radical (unpaired) electrons. The summed E-state index contributed by atoms with van der Waals surface area (Å²) in [6.07, 6.45) is 1.66. The van der Waals surface area contributed by atoms with Crippen LogP contribution in [0.3, 0.4) is 0 Å². The highest BCUT2D eigenvalue weighted by Crippen LogP contribution is 2.60. The Hall–Kier alpha value is -2.87. The van der Waals surface area contributed by atoms with Gasteiger partial charge in [0.05, 0.1) is 17.7 Å². The van der Waals surface area contributed by atoms with Gasteiger partial charge in [0, 0.05) is 17.1 Å². The Morgan fingerprint density at radius 2 is 1.67 bits per heavy atom. The van der Waals surface area contributed by atoms with Crippen LogP contribution < -0.4 is 20.1 Å². The van der Waals surface area contributed by atoms with Gasteiger partial charge in [0.25, 0.3) is 11.8 Å². The molecule has 0 aliphatic heterocycles. The molecule has 2 N–H and O–H groups in total. The summed E-state index contributed by atoms with van der Waals surface area (Å²) in [5.41, 5.74) is -0.924. The molecule has 3 aliphatic carbocycles. The smallest absolute Gasteiger partial charge is 0.258 e. The number of hydrogen-bond donors (Lipinski definition) is 2. The molecule has 30 heavy (non-hydrogen) atoms. The molecule has 9 heteroatoms. The Morgan fingerprint density at radius 3 is 2.33 bits per heavy atom. The minimum atomic E-state index is -0.626. The third kappa shape index (κ3) is 3.79. The van der Waals surface area contributed by atoms with E-state index in [0.717, 1.165) is 6.07 Å². The molecule has 158 valence electrons. The van der Waals surface area contributed by atoms with Gasteiger partial charge in [-0.1, -0.05) is 11.6 Å². The van der Waals surface area contributed by atoms with Gasteiger partial charge < -0.3 is 20.1 Å². The van der Waals surface area contributed by atoms with E-state index in [9.17, 15) is 18.4 Å². The van der Waals surface area contributed by atoms with E-state index in [-0.39, 0.29) is 28.8 Å². The van der Waals surface area contributed by atoms with E-state index >= 15 is 0 Å². The monoisotopic (exact) mass is 436 g/mol. The highest BCUT2D eigenvalue weighted by Gasteiger charge is 2.69. The Labute approximate surface area is 176 Å². The van der Waals surface area contributed by atoms with Gasteiger partial charge in [0.2, 0.25) is 0 Å². The van der Waals surface area contributed by atoms with E-state index in [2.05, 4.69) is 10.6 Å². The van der Waals surface area contributed by atoms with Crippen molar-refractivity contribution in [2.45, 2.75) is 30.3 Å². The molecule has 0 spiro atoms. The molecule has 0 unspecified atom stereocenters. The first kappa shape index (κ1) is 20.4. The number of methoxy groups -OCH3 is 1. The molecule has 0 heterocycles. The zero-order valence-corrected chi connectivity index (χ0v) is 16.8. The van der Waals surface area contributed by atoms with Gasteiger partial charge in [-0.05, 0) is 49.6 Å². The highest BCUT2D eigenvalue weighted by atomic mass is 35.5. The maximum atomic E-state index is 14.0. The van der Waals surface area contributed by atoms with E-state index in [1.165, 1.54) is 37.4 Å². The molecule has 6 nitrogen and oxygen atoms in total. The van der Waals surface area contributed by atoms with Crippen LogP contribution in [0.25, 0.3) is 0 Å². The fourth-order valence-electron chi connectivity index (χ4n) is 4.21. The summed E-state index contributed by atoms with van der Waals surface area (Å²) in [5, 5.41) is 5.73. The lowest BCUT2D eigenvalue weighted by atomic mass is 9.44. The van der Waals surface area contributed by atoms with Gasteiger partial charge in [-0.15, -0.1) is 0 Å². The van der Waals surface area contributed by atoms with Crippen LogP contribution in [0.2, 0.25) is 5.02 Å². The number of rotatable bonds is 7. The molecule has 3 fully saturated rings. The summed E-state index contributed by atoms with van der Waals surface area (Å²) >= 11 is 5.61. The van der Waals surface area contributed by atoms with Crippen molar-refractivity contribution >= 4 is 23.4 Å². The normalized spacial score (nSPS) is 23.6. The van der Waals surface area contributed by atoms with Crippen molar-refractivity contribution in [3.63, 3.8) is 0 Å². The van der Waals surface area contributed by atoms with E-state index < -0.39 is 28.6 Å². The molecule has 0 aromatic heterocycles. The minimum Gasteiger partial charge on any atom is -0.497 e. The maximum Gasteiger partial charge on any atom is 0.258 e. The molecule has 2 bridgehead atoms. The zero-order valence-electron chi connectivity index (χ0n) is 16.1. The fraction of sp³-hybridized carbons (Fsp3) is 0.333. The van der Waals surface area contributed by atoms with Gasteiger partial charge in [0.15, 0.2) is 6.61 Å². The predicted octanol–water partition coefficient (Wildman–Crippen LogP) is 3.23. The standard InChI is InChI=1S/C21H19ClF2N2O4/c1-29-12-3-5-16(23)14(6-12)19(28)26-21-9-20(10-21,11-21)25-18(27)8-30-13-2-4-15(22)17(24)7-13/h2-7H,8-11H2,1H3,(H,25,27)(H,26,28). The minimum absolute atomic E-state index is 0.0261. The van der Waals surface area contributed by atoms with Crippen molar-refractivity contribution in [3.05, 3.63) is 58.6 Å². The third-order valence-electron chi connectivity index (χ3n) is 5.49. The van der Waals surface area contributed by atoms with Crippen LogP contribution in [0.4, 0.5) is 8.78 Å². The summed E-state index contributed by atoms with van der Waals surface area (Å²) in [7, 11) is 1.44. The van der Waals surface area contributed by atoms with Gasteiger partial charge in [0.1, 0.15) is 23.1 Å². The Kier molecular flexibility index (Phi) is 5.05. The van der Waals surface area contributed by atoms with Gasteiger partial charge in [-0.3, -0.25) is 9.59 Å². The summed E-state index contributed by atoms with van der Waals surface area (Å²) in [6, 6.07) is 7.91. The van der Waals surface area contributed by atoms with Gasteiger partial charge in [-0.25, -0.2) is 8.78 Å². The van der Waals surface area contributed by atoms with Crippen molar-refractivity contribution in [2.75, 3.05) is 13.7 Å². The first-order valence-corrected chi connectivity index (χ1v) is 9.66. The Bertz CT molecular complexity index is 1010. The predicted molar refractivity (Wildman–Crippen MR) is 105 cm³/mol. The number of nitrogens with one attached hydrogen (secondary N) is 2. The number of carbonyl (C=O) groups excluding carboxylic acids is 2. The van der Waals surface area contributed by atoms with Gasteiger partial charge in [-0.2, -0.15) is 0 Å². The molecule has 2 amide bonds. The molecule has 0 atom stereocenters. The fourth-order valence-corrected chi connectivity index (χ4v) is 4.33. The van der Waals surface area contributed by atoms with Crippen molar-refractivity contribution in [3.8, 4) is 11.5 Å². The lowest BCUT2D eigenvalue weighted by molar-refractivity contribution is -0.141. The SMILES string of the molecule is COc1ccc(F)c(C(=O)NC23CC(NC(=O)COc4ccc(Cl)c(F)c4)(C2)C3)c1. The van der Waals surface area contributed by atoms with Crippen LogP contribution in [0.1, 0.15) is 29.6 Å². The molecule has 3 saturated carbocycles. The summed E-state index contributed by atoms with van der Waals surface area (Å²) in [6.45, 7) is -0.267. The lowest BCUT2D eigenvalue weighted by Crippen LogP contribution is -2.84. The van der Waals surface area contributed by atoms with E-state index in [0.29, 0.717) is 25.0 Å². The third-order valence-corrected chi connectivity index (χ3v) is 5.80. The van der Waals surface area contributed by atoms with Crippen LogP contribution in [0.15, 0.2) is 36.4 Å². The topological polar surface area (TPSA) is 76.7 Å². The summed E-state index contributed by atoms with van der Waals surface area (Å²) in [4.78, 5) is 24.6. The van der Waals surface area contributed by atoms with Crippen LogP contribution in [0, 0.1) is 11.6 Å². The van der Waals surface area contributed by atoms with Crippen LogP contribution >= 0.6 is 11.6 Å². The van der Waals surface area contributed by atoms with E-state index in [1.54, 1.807) is 0 Å². The quantitative estimate of drug-likeness (QED) is 0.698. The first-order chi connectivity index (χ1) is 14.2. The number of benzene rings is 2. The molecule has 5 rings (SSSR count). The molecule has 3 aliphatic rings. The van der Waals surface area contributed by atoms with Crippen molar-refractivity contribution < 1.29 is 27.8 Å². The number of amides is 2. The van der Waals surface area contributed by atoms with Gasteiger partial charge >= 0.3 is 0 Å². The Morgan fingerprint density at radius 1 is 1.00 bits per heavy atom. The lowest BCUT2D eigenvalue weighted by Gasteiger charge is -2.70. The zero-order chi connectivity index (χ0) is 21.5. The second-order valence-electron chi connectivity index (χ2n) is 7.80. The average Bonchev–Trinajstić information content (AvgIpc) is 2.66. The molecule has 2 aromatic carbocycles. The molecular formula is C21H19ClF2N2O4. The van der Waals surface area contributed by atoms with Crippen molar-refractivity contribution in [2.24, 2.45) is 0 Å². The number of ether oxygens (including phenoxy) is 2. The van der Waals surface area contributed by atoms with E-state index in [1.807, 2.05) is 0 Å². The molecule has 0 saturated heterocycles. The molecular weight excluding hydrogens is 418 g/mol.